The lowest BCUT2D eigenvalue weighted by Crippen LogP contribution is -2.38. The number of nitrogens with one attached hydrogen (secondary N) is 2. The largest absolute Gasteiger partial charge is 0.507 e. The molecule has 1 aliphatic rings. The molecule has 12 heteroatoms. The van der Waals surface area contributed by atoms with Crippen LogP contribution in [0.5, 0.6) is 11.5 Å². The van der Waals surface area contributed by atoms with Crippen LogP contribution in [-0.2, 0) is 36.8 Å². The van der Waals surface area contributed by atoms with Gasteiger partial charge >= 0.3 is 23.9 Å². The number of aromatic amines is 2. The Morgan fingerprint density at radius 3 is 1.67 bits per heavy atom. The Bertz CT molecular complexity index is 1790. The molecular weight excluding hydrogens is 700 g/mol. The van der Waals surface area contributed by atoms with Crippen molar-refractivity contribution in [2.75, 3.05) is 13.1 Å². The Balaban J connectivity index is 0.000000322. The highest BCUT2D eigenvalue weighted by Gasteiger charge is 2.18. The van der Waals surface area contributed by atoms with Crippen molar-refractivity contribution in [3.8, 4) is 11.5 Å². The van der Waals surface area contributed by atoms with Crippen LogP contribution in [0.2, 0.25) is 0 Å². The van der Waals surface area contributed by atoms with E-state index in [0.29, 0.717) is 54.9 Å². The predicted octanol–water partition coefficient (Wildman–Crippen LogP) is 8.40. The average Bonchev–Trinajstić information content (AvgIpc) is 3.70. The van der Waals surface area contributed by atoms with E-state index in [9.17, 15) is 24.3 Å². The number of hydrogen-bond donors (Lipinski definition) is 4. The quantitative estimate of drug-likeness (QED) is 0.0525. The van der Waals surface area contributed by atoms with Gasteiger partial charge in [0.25, 0.3) is 0 Å². The molecule has 304 valence electrons. The van der Waals surface area contributed by atoms with Crippen molar-refractivity contribution in [1.29, 1.82) is 0 Å². The SMILES string of the molecule is C.CC(C)N(CCc1c[nH]c2cccc(O)c12)C(C)C.CC(C)N(CCc1c[nH]c2cccc(OC(=O)CCCC(=O)O)c12)C(C)C.O=C1CCCC(=O)O1. The van der Waals surface area contributed by atoms with Gasteiger partial charge in [-0.15, -0.1) is 0 Å². The zero-order chi connectivity index (χ0) is 39.9. The number of phenolic OH excluding ortho intramolecular Hbond substituents is 1. The number of aromatic hydroxyl groups is 1. The fourth-order valence-electron chi connectivity index (χ4n) is 6.82. The molecule has 2 aromatic heterocycles. The molecule has 4 aromatic rings. The molecule has 0 radical (unpaired) electrons. The number of esters is 3. The molecule has 0 saturated carbocycles. The first-order valence-corrected chi connectivity index (χ1v) is 19.1. The van der Waals surface area contributed by atoms with Gasteiger partial charge in [0, 0.05) is 97.1 Å². The van der Waals surface area contributed by atoms with Crippen molar-refractivity contribution in [1.82, 2.24) is 19.8 Å². The molecule has 0 atom stereocenters. The number of nitrogens with zero attached hydrogens (tertiary/aromatic N) is 2. The van der Waals surface area contributed by atoms with Crippen molar-refractivity contribution in [2.24, 2.45) is 0 Å². The average molecular weight is 765 g/mol. The zero-order valence-corrected chi connectivity index (χ0v) is 33.2. The summed E-state index contributed by atoms with van der Waals surface area (Å²) in [7, 11) is 0. The number of carboxylic acid groups (broad SMARTS) is 1. The van der Waals surface area contributed by atoms with Crippen LogP contribution in [-0.4, -0.2) is 91.1 Å². The minimum atomic E-state index is -0.905. The van der Waals surface area contributed by atoms with Gasteiger partial charge in [-0.3, -0.25) is 29.0 Å². The van der Waals surface area contributed by atoms with Crippen molar-refractivity contribution in [3.05, 3.63) is 59.9 Å². The molecule has 55 heavy (non-hydrogen) atoms. The van der Waals surface area contributed by atoms with Gasteiger partial charge in [-0.05, 0) is 116 Å². The van der Waals surface area contributed by atoms with Gasteiger partial charge in [0.05, 0.1) is 0 Å². The van der Waals surface area contributed by atoms with Crippen LogP contribution in [0.1, 0.15) is 112 Å². The van der Waals surface area contributed by atoms with Crippen LogP contribution in [0.25, 0.3) is 21.8 Å². The Labute approximate surface area is 326 Å². The highest BCUT2D eigenvalue weighted by molar-refractivity contribution is 5.92. The van der Waals surface area contributed by atoms with Crippen LogP contribution in [0.3, 0.4) is 0 Å². The number of phenols is 1. The van der Waals surface area contributed by atoms with Crippen molar-refractivity contribution in [3.63, 3.8) is 0 Å². The molecule has 4 N–H and O–H groups in total. The van der Waals surface area contributed by atoms with Gasteiger partial charge in [-0.25, -0.2) is 0 Å². The van der Waals surface area contributed by atoms with E-state index < -0.39 is 11.9 Å². The van der Waals surface area contributed by atoms with Crippen molar-refractivity contribution >= 4 is 45.7 Å². The van der Waals surface area contributed by atoms with E-state index >= 15 is 0 Å². The van der Waals surface area contributed by atoms with Crippen LogP contribution in [0.15, 0.2) is 48.8 Å². The maximum absolute atomic E-state index is 12.1. The number of cyclic esters (lactones) is 2. The second-order valence-electron chi connectivity index (χ2n) is 14.8. The summed E-state index contributed by atoms with van der Waals surface area (Å²) >= 11 is 0. The number of benzene rings is 2. The number of carbonyl (C=O) groups excluding carboxylic acids is 3. The summed E-state index contributed by atoms with van der Waals surface area (Å²) < 4.78 is 9.75. The molecule has 1 saturated heterocycles. The third-order valence-electron chi connectivity index (χ3n) is 9.43. The molecule has 0 aliphatic carbocycles. The maximum atomic E-state index is 12.1. The van der Waals surface area contributed by atoms with Gasteiger partial charge in [-0.2, -0.15) is 0 Å². The van der Waals surface area contributed by atoms with E-state index in [1.54, 1.807) is 12.1 Å². The lowest BCUT2D eigenvalue weighted by Gasteiger charge is -2.30. The topological polar surface area (TPSA) is 165 Å². The highest BCUT2D eigenvalue weighted by Crippen LogP contribution is 2.30. The summed E-state index contributed by atoms with van der Waals surface area (Å²) in [6.07, 6.45) is 7.58. The Morgan fingerprint density at radius 2 is 1.22 bits per heavy atom. The van der Waals surface area contributed by atoms with Crippen LogP contribution >= 0.6 is 0 Å². The zero-order valence-electron chi connectivity index (χ0n) is 33.2. The van der Waals surface area contributed by atoms with Gasteiger partial charge in [0.15, 0.2) is 0 Å². The fraction of sp³-hybridized carbons (Fsp3) is 0.535. The molecule has 5 rings (SSSR count). The van der Waals surface area contributed by atoms with Crippen molar-refractivity contribution < 1.29 is 38.9 Å². The van der Waals surface area contributed by atoms with E-state index in [1.807, 2.05) is 36.7 Å². The third-order valence-corrected chi connectivity index (χ3v) is 9.43. The summed E-state index contributed by atoms with van der Waals surface area (Å²) in [6.45, 7) is 19.6. The number of H-pyrrole nitrogens is 2. The first-order chi connectivity index (χ1) is 25.6. The lowest BCUT2D eigenvalue weighted by molar-refractivity contribution is -0.163. The summed E-state index contributed by atoms with van der Waals surface area (Å²) in [6, 6.07) is 13.2. The van der Waals surface area contributed by atoms with Crippen LogP contribution in [0, 0.1) is 0 Å². The molecule has 0 bridgehead atoms. The summed E-state index contributed by atoms with van der Waals surface area (Å²) in [5.41, 5.74) is 4.25. The second-order valence-corrected chi connectivity index (χ2v) is 14.8. The summed E-state index contributed by atoms with van der Waals surface area (Å²) in [5, 5.41) is 20.6. The smallest absolute Gasteiger partial charge is 0.313 e. The van der Waals surface area contributed by atoms with Crippen molar-refractivity contribution in [2.45, 2.75) is 138 Å². The standard InChI is InChI=1S/C21H30N2O4.C16H24N2O.C5H6O3.CH4/c1-14(2)23(15(3)4)12-11-16-13-22-17-7-5-8-18(21(16)17)27-20(26)10-6-9-19(24)25;1-11(2)18(12(3)4)9-8-13-10-17-14-6-5-7-15(19)16(13)14;6-4-2-1-3-5(7)8-4;/h5,7-8,13-15,22H,6,9-12H2,1-4H3,(H,24,25);5-7,10-12,17,19H,8-9H2,1-4H3;1-3H2;1H4. The molecule has 12 nitrogen and oxygen atoms in total. The van der Waals surface area contributed by atoms with Gasteiger partial charge in [0.2, 0.25) is 0 Å². The number of rotatable bonds is 15. The molecular formula is C43H64N4O8. The maximum Gasteiger partial charge on any atom is 0.313 e. The Morgan fingerprint density at radius 1 is 0.745 bits per heavy atom. The lowest BCUT2D eigenvalue weighted by atomic mass is 10.1. The highest BCUT2D eigenvalue weighted by atomic mass is 16.6. The van der Waals surface area contributed by atoms with Gasteiger partial charge in [0.1, 0.15) is 11.5 Å². The van der Waals surface area contributed by atoms with E-state index in [2.05, 4.69) is 79.9 Å². The number of hydrogen-bond acceptors (Lipinski definition) is 9. The molecule has 1 aliphatic heterocycles. The molecule has 0 spiro atoms. The molecule has 2 aromatic carbocycles. The van der Waals surface area contributed by atoms with E-state index in [1.165, 1.54) is 5.56 Å². The third kappa shape index (κ3) is 14.5. The summed E-state index contributed by atoms with van der Waals surface area (Å²) in [5.74, 6) is -1.18. The normalized spacial score (nSPS) is 12.9. The van der Waals surface area contributed by atoms with Crippen LogP contribution < -0.4 is 4.74 Å². The molecule has 3 heterocycles. The number of ether oxygens (including phenoxy) is 2. The second kappa shape index (κ2) is 22.6. The van der Waals surface area contributed by atoms with Gasteiger partial charge in [-0.1, -0.05) is 19.6 Å². The number of aliphatic carboxylic acids is 1. The number of aromatic nitrogens is 2. The number of carbonyl (C=O) groups is 4. The molecule has 0 unspecified atom stereocenters. The predicted molar refractivity (Wildman–Crippen MR) is 218 cm³/mol. The Kier molecular flexibility index (Phi) is 19.1. The Hall–Kier alpha value is -4.68. The fourth-order valence-corrected chi connectivity index (χ4v) is 6.82. The number of fused-ring (bicyclic) bond motifs is 2. The van der Waals surface area contributed by atoms with E-state index in [-0.39, 0.29) is 38.6 Å². The molecule has 0 amide bonds. The first-order valence-electron chi connectivity index (χ1n) is 19.1. The first kappa shape index (κ1) is 46.5. The number of carboxylic acids is 1. The monoisotopic (exact) mass is 764 g/mol. The summed E-state index contributed by atoms with van der Waals surface area (Å²) in [4.78, 5) is 54.5. The van der Waals surface area contributed by atoms with E-state index in [0.717, 1.165) is 53.3 Å². The minimum absolute atomic E-state index is 0. The van der Waals surface area contributed by atoms with Crippen LogP contribution in [0.4, 0.5) is 0 Å². The van der Waals surface area contributed by atoms with E-state index in [4.69, 9.17) is 9.84 Å². The minimum Gasteiger partial charge on any atom is -0.507 e. The molecule has 1 fully saturated rings. The van der Waals surface area contributed by atoms with Gasteiger partial charge < -0.3 is 29.7 Å².